The van der Waals surface area contributed by atoms with Crippen molar-refractivity contribution >= 4 is 17.4 Å². The summed E-state index contributed by atoms with van der Waals surface area (Å²) in [5.41, 5.74) is -0.0505. The molecule has 98 valence electrons. The highest BCUT2D eigenvalue weighted by atomic mass is 16.6. The molecule has 0 atom stereocenters. The van der Waals surface area contributed by atoms with Crippen LogP contribution >= 0.6 is 0 Å². The Morgan fingerprint density at radius 1 is 1.53 bits per heavy atom. The minimum atomic E-state index is -0.680. The van der Waals surface area contributed by atoms with Gasteiger partial charge in [0.1, 0.15) is 12.4 Å². The van der Waals surface area contributed by atoms with Gasteiger partial charge in [-0.1, -0.05) is 0 Å². The molecule has 2 rings (SSSR count). The molecule has 1 heterocycles. The van der Waals surface area contributed by atoms with Crippen molar-refractivity contribution < 1.29 is 24.0 Å². The topological polar surface area (TPSA) is 95.7 Å². The second kappa shape index (κ2) is 4.89. The summed E-state index contributed by atoms with van der Waals surface area (Å²) in [6.45, 7) is -0.0707. The summed E-state index contributed by atoms with van der Waals surface area (Å²) in [7, 11) is 1.19. The number of nitrogens with zero attached hydrogens (tertiary/aromatic N) is 1. The molecule has 1 aliphatic rings. The molecule has 1 aromatic rings. The minimum absolute atomic E-state index is 0.0654. The first-order valence-corrected chi connectivity index (χ1v) is 5.27. The van der Waals surface area contributed by atoms with Crippen LogP contribution in [0, 0.1) is 10.1 Å². The third-order valence-electron chi connectivity index (χ3n) is 2.59. The monoisotopic (exact) mass is 263 g/mol. The molecule has 0 N–H and O–H groups in total. The van der Waals surface area contributed by atoms with Gasteiger partial charge in [0.25, 0.3) is 5.69 Å². The standard InChI is InChI=1S/C12H9NO6/c1-18-11(14)4-7-6-19-10-3-2-8(13(16)17)5-9(10)12(7)15/h2-5H,6H2,1H3. The lowest BCUT2D eigenvalue weighted by atomic mass is 9.99. The Morgan fingerprint density at radius 2 is 2.26 bits per heavy atom. The van der Waals surface area contributed by atoms with E-state index in [0.717, 1.165) is 12.1 Å². The lowest BCUT2D eigenvalue weighted by Gasteiger charge is -2.18. The summed E-state index contributed by atoms with van der Waals surface area (Å²) in [6, 6.07) is 3.74. The molecule has 0 spiro atoms. The highest BCUT2D eigenvalue weighted by Crippen LogP contribution is 2.30. The van der Waals surface area contributed by atoms with E-state index in [1.54, 1.807) is 0 Å². The van der Waals surface area contributed by atoms with E-state index in [9.17, 15) is 19.7 Å². The van der Waals surface area contributed by atoms with Crippen LogP contribution in [0.3, 0.4) is 0 Å². The summed E-state index contributed by atoms with van der Waals surface area (Å²) in [4.78, 5) is 33.2. The second-order valence-electron chi connectivity index (χ2n) is 3.75. The van der Waals surface area contributed by atoms with Crippen molar-refractivity contribution in [2.24, 2.45) is 0 Å². The maximum Gasteiger partial charge on any atom is 0.331 e. The Hall–Kier alpha value is -2.70. The van der Waals surface area contributed by atoms with E-state index in [-0.39, 0.29) is 29.2 Å². The number of rotatable bonds is 2. The molecule has 0 saturated heterocycles. The lowest BCUT2D eigenvalue weighted by molar-refractivity contribution is -0.384. The zero-order valence-electron chi connectivity index (χ0n) is 9.91. The van der Waals surface area contributed by atoms with Crippen molar-refractivity contribution in [1.82, 2.24) is 0 Å². The molecule has 0 aromatic heterocycles. The summed E-state index contributed by atoms with van der Waals surface area (Å²) < 4.78 is 9.69. The SMILES string of the molecule is COC(=O)C=C1COc2ccc([N+](=O)[O-])cc2C1=O. The van der Waals surface area contributed by atoms with Gasteiger partial charge in [-0.3, -0.25) is 14.9 Å². The second-order valence-corrected chi connectivity index (χ2v) is 3.75. The van der Waals surface area contributed by atoms with E-state index in [1.165, 1.54) is 19.2 Å². The first-order valence-electron chi connectivity index (χ1n) is 5.27. The smallest absolute Gasteiger partial charge is 0.331 e. The zero-order valence-corrected chi connectivity index (χ0v) is 9.91. The Bertz CT molecular complexity index is 604. The molecule has 0 unspecified atom stereocenters. The fraction of sp³-hybridized carbons (Fsp3) is 0.167. The van der Waals surface area contributed by atoms with Crippen LogP contribution in [0.2, 0.25) is 0 Å². The number of carbonyl (C=O) groups is 2. The quantitative estimate of drug-likeness (QED) is 0.345. The molecule has 0 fully saturated rings. The third-order valence-corrected chi connectivity index (χ3v) is 2.59. The lowest BCUT2D eigenvalue weighted by Crippen LogP contribution is -2.20. The molecule has 0 saturated carbocycles. The molecular formula is C12H9NO6. The van der Waals surface area contributed by atoms with Gasteiger partial charge in [-0.25, -0.2) is 4.79 Å². The number of esters is 1. The van der Waals surface area contributed by atoms with Gasteiger partial charge in [-0.2, -0.15) is 0 Å². The van der Waals surface area contributed by atoms with Gasteiger partial charge in [0.15, 0.2) is 5.78 Å². The van der Waals surface area contributed by atoms with Gasteiger partial charge >= 0.3 is 5.97 Å². The fourth-order valence-corrected chi connectivity index (χ4v) is 1.64. The number of ether oxygens (including phenoxy) is 2. The Kier molecular flexibility index (Phi) is 3.28. The van der Waals surface area contributed by atoms with Gasteiger partial charge < -0.3 is 9.47 Å². The van der Waals surface area contributed by atoms with Crippen LogP contribution in [-0.2, 0) is 9.53 Å². The normalized spacial score (nSPS) is 15.6. The number of ketones is 1. The molecule has 0 bridgehead atoms. The van der Waals surface area contributed by atoms with E-state index in [1.807, 2.05) is 0 Å². The van der Waals surface area contributed by atoms with E-state index in [2.05, 4.69) is 4.74 Å². The molecule has 0 aliphatic carbocycles. The number of Topliss-reactive ketones (excluding diaryl/α,β-unsaturated/α-hetero) is 1. The number of benzene rings is 1. The predicted molar refractivity (Wildman–Crippen MR) is 63.0 cm³/mol. The predicted octanol–water partition coefficient (Wildman–Crippen LogP) is 1.27. The molecule has 0 radical (unpaired) electrons. The van der Waals surface area contributed by atoms with E-state index in [0.29, 0.717) is 0 Å². The minimum Gasteiger partial charge on any atom is -0.488 e. The van der Waals surface area contributed by atoms with Crippen LogP contribution in [0.25, 0.3) is 0 Å². The largest absolute Gasteiger partial charge is 0.488 e. The van der Waals surface area contributed by atoms with Gasteiger partial charge in [-0.15, -0.1) is 0 Å². The first-order chi connectivity index (χ1) is 9.02. The van der Waals surface area contributed by atoms with Crippen molar-refractivity contribution in [3.63, 3.8) is 0 Å². The maximum absolute atomic E-state index is 12.1. The molecule has 7 heteroatoms. The Labute approximate surface area is 107 Å². The number of fused-ring (bicyclic) bond motifs is 1. The fourth-order valence-electron chi connectivity index (χ4n) is 1.64. The number of methoxy groups -OCH3 is 1. The highest BCUT2D eigenvalue weighted by molar-refractivity contribution is 6.14. The van der Waals surface area contributed by atoms with Gasteiger partial charge in [0.05, 0.1) is 17.6 Å². The molecule has 1 aliphatic heterocycles. The van der Waals surface area contributed by atoms with Gasteiger partial charge in [0, 0.05) is 23.8 Å². The van der Waals surface area contributed by atoms with Gasteiger partial charge in [-0.05, 0) is 6.07 Å². The van der Waals surface area contributed by atoms with Crippen LogP contribution in [0.1, 0.15) is 10.4 Å². The van der Waals surface area contributed by atoms with E-state index >= 15 is 0 Å². The third kappa shape index (κ3) is 2.44. The first kappa shape index (κ1) is 12.7. The van der Waals surface area contributed by atoms with E-state index in [4.69, 9.17) is 4.74 Å². The summed E-state index contributed by atoms with van der Waals surface area (Å²) in [5.74, 6) is -0.895. The summed E-state index contributed by atoms with van der Waals surface area (Å²) >= 11 is 0. The average molecular weight is 263 g/mol. The number of hydrogen-bond acceptors (Lipinski definition) is 6. The van der Waals surface area contributed by atoms with Crippen molar-refractivity contribution in [1.29, 1.82) is 0 Å². The van der Waals surface area contributed by atoms with Gasteiger partial charge in [0.2, 0.25) is 0 Å². The number of non-ortho nitro benzene ring substituents is 1. The molecular weight excluding hydrogens is 254 g/mol. The Morgan fingerprint density at radius 3 is 2.89 bits per heavy atom. The van der Waals surface area contributed by atoms with Crippen LogP contribution in [-0.4, -0.2) is 30.4 Å². The number of carbonyl (C=O) groups excluding carboxylic acids is 2. The van der Waals surface area contributed by atoms with Crippen LogP contribution in [0.5, 0.6) is 5.75 Å². The van der Waals surface area contributed by atoms with E-state index < -0.39 is 16.7 Å². The van der Waals surface area contributed by atoms with Crippen LogP contribution in [0.15, 0.2) is 29.8 Å². The highest BCUT2D eigenvalue weighted by Gasteiger charge is 2.26. The van der Waals surface area contributed by atoms with Crippen molar-refractivity contribution in [3.05, 3.63) is 45.5 Å². The molecule has 19 heavy (non-hydrogen) atoms. The number of hydrogen-bond donors (Lipinski definition) is 0. The van der Waals surface area contributed by atoms with Crippen LogP contribution in [0.4, 0.5) is 5.69 Å². The summed E-state index contributed by atoms with van der Waals surface area (Å²) in [5, 5.41) is 10.7. The van der Waals surface area contributed by atoms with Crippen molar-refractivity contribution in [2.75, 3.05) is 13.7 Å². The molecule has 0 amide bonds. The zero-order chi connectivity index (χ0) is 14.0. The van der Waals surface area contributed by atoms with Crippen LogP contribution < -0.4 is 4.74 Å². The Balaban J connectivity index is 2.42. The maximum atomic E-state index is 12.1. The molecule has 7 nitrogen and oxygen atoms in total. The average Bonchev–Trinajstić information content (AvgIpc) is 2.41. The van der Waals surface area contributed by atoms with Crippen molar-refractivity contribution in [3.8, 4) is 5.75 Å². The number of nitro benzene ring substituents is 1. The van der Waals surface area contributed by atoms with Crippen molar-refractivity contribution in [2.45, 2.75) is 0 Å². The summed E-state index contributed by atoms with van der Waals surface area (Å²) in [6.07, 6.45) is 1.02. The number of nitro groups is 1. The molecule has 1 aromatic carbocycles.